The number of benzene rings is 2. The quantitative estimate of drug-likeness (QED) is 0.421. The molecule has 0 bridgehead atoms. The Kier molecular flexibility index (Phi) is 7.21. The van der Waals surface area contributed by atoms with Gasteiger partial charge in [0.05, 0.1) is 29.8 Å². The summed E-state index contributed by atoms with van der Waals surface area (Å²) in [5.74, 6) is -0.268. The van der Waals surface area contributed by atoms with Crippen molar-refractivity contribution in [3.63, 3.8) is 0 Å². The molecule has 1 heterocycles. The maximum absolute atomic E-state index is 13.4. The number of carbonyl (C=O) groups excluding carboxylic acids is 2. The van der Waals surface area contributed by atoms with Crippen molar-refractivity contribution in [1.29, 1.82) is 0 Å². The third-order valence-electron chi connectivity index (χ3n) is 5.02. The highest BCUT2D eigenvalue weighted by atomic mass is 16.6. The van der Waals surface area contributed by atoms with Crippen LogP contribution in [0.2, 0.25) is 0 Å². The topological polar surface area (TPSA) is 111 Å². The Balaban J connectivity index is 1.91. The lowest BCUT2D eigenvalue weighted by atomic mass is 10.0. The molecule has 2 atom stereocenters. The lowest BCUT2D eigenvalue weighted by Crippen LogP contribution is -2.48. The normalized spacial score (nSPS) is 18.7. The minimum Gasteiger partial charge on any atom is -0.496 e. The van der Waals surface area contributed by atoms with Crippen molar-refractivity contribution < 1.29 is 24.0 Å². The van der Waals surface area contributed by atoms with Crippen LogP contribution in [0.1, 0.15) is 29.8 Å². The van der Waals surface area contributed by atoms with E-state index in [1.165, 1.54) is 37.6 Å². The number of ether oxygens (including phenoxy) is 2. The van der Waals surface area contributed by atoms with Crippen LogP contribution in [0, 0.1) is 10.1 Å². The van der Waals surface area contributed by atoms with Gasteiger partial charge in [-0.05, 0) is 32.0 Å². The SMILES string of the molecule is COc1ccccc1C(=CNC(=O)c1ccc([N+](=O)[O-])cc1)C(=O)N1CC(C)OC(C)C1. The summed E-state index contributed by atoms with van der Waals surface area (Å²) < 4.78 is 11.1. The first-order valence-corrected chi connectivity index (χ1v) is 10.1. The molecule has 1 aliphatic heterocycles. The van der Waals surface area contributed by atoms with E-state index >= 15 is 0 Å². The number of hydrogen-bond donors (Lipinski definition) is 1. The molecule has 2 aromatic carbocycles. The second-order valence-electron chi connectivity index (χ2n) is 7.50. The van der Waals surface area contributed by atoms with Crippen LogP contribution in [0.15, 0.2) is 54.7 Å². The summed E-state index contributed by atoms with van der Waals surface area (Å²) in [5, 5.41) is 13.5. The molecule has 9 nitrogen and oxygen atoms in total. The lowest BCUT2D eigenvalue weighted by molar-refractivity contribution is -0.384. The predicted octanol–water partition coefficient (Wildman–Crippen LogP) is 3.01. The van der Waals surface area contributed by atoms with E-state index in [-0.39, 0.29) is 34.9 Å². The summed E-state index contributed by atoms with van der Waals surface area (Å²) in [6.45, 7) is 4.65. The van der Waals surface area contributed by atoms with Crippen LogP contribution < -0.4 is 10.1 Å². The fourth-order valence-corrected chi connectivity index (χ4v) is 3.59. The van der Waals surface area contributed by atoms with Gasteiger partial charge in [-0.1, -0.05) is 18.2 Å². The van der Waals surface area contributed by atoms with Crippen LogP contribution in [0.4, 0.5) is 5.69 Å². The predicted molar refractivity (Wildman–Crippen MR) is 118 cm³/mol. The number of morpholine rings is 1. The van der Waals surface area contributed by atoms with Gasteiger partial charge < -0.3 is 19.7 Å². The maximum atomic E-state index is 13.4. The largest absolute Gasteiger partial charge is 0.496 e. The minimum absolute atomic E-state index is 0.113. The molecule has 2 unspecified atom stereocenters. The van der Waals surface area contributed by atoms with Crippen molar-refractivity contribution in [2.24, 2.45) is 0 Å². The molecular weight excluding hydrogens is 414 g/mol. The van der Waals surface area contributed by atoms with Gasteiger partial charge >= 0.3 is 0 Å². The molecule has 168 valence electrons. The third kappa shape index (κ3) is 5.30. The van der Waals surface area contributed by atoms with Gasteiger partial charge in [-0.25, -0.2) is 0 Å². The van der Waals surface area contributed by atoms with Crippen LogP contribution in [0.25, 0.3) is 5.57 Å². The Morgan fingerprint density at radius 2 is 1.75 bits per heavy atom. The van der Waals surface area contributed by atoms with Gasteiger partial charge in [0.15, 0.2) is 0 Å². The molecule has 9 heteroatoms. The molecule has 1 N–H and O–H groups in total. The number of nitro benzene ring substituents is 1. The van der Waals surface area contributed by atoms with Crippen molar-refractivity contribution in [3.8, 4) is 5.75 Å². The van der Waals surface area contributed by atoms with Gasteiger partial charge in [-0.2, -0.15) is 0 Å². The molecule has 0 saturated carbocycles. The standard InChI is InChI=1S/C23H25N3O6/c1-15-13-25(14-16(2)32-15)23(28)20(19-6-4-5-7-21(19)31-3)12-24-22(27)17-8-10-18(11-9-17)26(29)30/h4-12,15-16H,13-14H2,1-3H3,(H,24,27). The Bertz CT molecular complexity index is 1020. The van der Waals surface area contributed by atoms with Crippen LogP contribution in [-0.4, -0.2) is 54.0 Å². The van der Waals surface area contributed by atoms with Crippen LogP contribution in [-0.2, 0) is 9.53 Å². The first kappa shape index (κ1) is 23.0. The van der Waals surface area contributed by atoms with Crippen molar-refractivity contribution in [2.45, 2.75) is 26.1 Å². The Hall–Kier alpha value is -3.72. The summed E-state index contributed by atoms with van der Waals surface area (Å²) in [4.78, 5) is 38.0. The molecule has 0 radical (unpaired) electrons. The van der Waals surface area contributed by atoms with Gasteiger partial charge in [0.25, 0.3) is 17.5 Å². The summed E-state index contributed by atoms with van der Waals surface area (Å²) in [7, 11) is 1.51. The van der Waals surface area contributed by atoms with Crippen LogP contribution in [0.3, 0.4) is 0 Å². The number of nitrogens with one attached hydrogen (secondary N) is 1. The number of non-ortho nitro benzene ring substituents is 1. The van der Waals surface area contributed by atoms with Crippen molar-refractivity contribution in [1.82, 2.24) is 10.2 Å². The fourth-order valence-electron chi connectivity index (χ4n) is 3.59. The second-order valence-corrected chi connectivity index (χ2v) is 7.50. The van der Waals surface area contributed by atoms with E-state index in [1.807, 2.05) is 13.8 Å². The van der Waals surface area contributed by atoms with Gasteiger partial charge in [0, 0.05) is 42.5 Å². The monoisotopic (exact) mass is 439 g/mol. The molecule has 1 fully saturated rings. The van der Waals surface area contributed by atoms with E-state index in [9.17, 15) is 19.7 Å². The molecule has 0 spiro atoms. The maximum Gasteiger partial charge on any atom is 0.269 e. The van der Waals surface area contributed by atoms with Gasteiger partial charge in [0.2, 0.25) is 0 Å². The molecule has 0 aliphatic carbocycles. The van der Waals surface area contributed by atoms with E-state index in [0.717, 1.165) is 0 Å². The summed E-state index contributed by atoms with van der Waals surface area (Å²) in [5.41, 5.74) is 0.916. The van der Waals surface area contributed by atoms with Gasteiger partial charge in [-0.15, -0.1) is 0 Å². The van der Waals surface area contributed by atoms with E-state index in [2.05, 4.69) is 5.32 Å². The summed E-state index contributed by atoms with van der Waals surface area (Å²) >= 11 is 0. The fraction of sp³-hybridized carbons (Fsp3) is 0.304. The average molecular weight is 439 g/mol. The number of carbonyl (C=O) groups is 2. The molecule has 2 amide bonds. The molecule has 32 heavy (non-hydrogen) atoms. The zero-order chi connectivity index (χ0) is 23.3. The third-order valence-corrected chi connectivity index (χ3v) is 5.02. The molecule has 1 saturated heterocycles. The average Bonchev–Trinajstić information content (AvgIpc) is 2.78. The Morgan fingerprint density at radius 1 is 1.12 bits per heavy atom. The molecule has 0 aromatic heterocycles. The number of para-hydroxylation sites is 1. The highest BCUT2D eigenvalue weighted by Gasteiger charge is 2.29. The van der Waals surface area contributed by atoms with E-state index in [0.29, 0.717) is 24.4 Å². The van der Waals surface area contributed by atoms with Gasteiger partial charge in [0.1, 0.15) is 5.75 Å². The van der Waals surface area contributed by atoms with Gasteiger partial charge in [-0.3, -0.25) is 19.7 Å². The number of hydrogen-bond acceptors (Lipinski definition) is 6. The zero-order valence-electron chi connectivity index (χ0n) is 18.1. The zero-order valence-corrected chi connectivity index (χ0v) is 18.1. The summed E-state index contributed by atoms with van der Waals surface area (Å²) in [6.07, 6.45) is 1.13. The number of amides is 2. The van der Waals surface area contributed by atoms with E-state index in [4.69, 9.17) is 9.47 Å². The highest BCUT2D eigenvalue weighted by Crippen LogP contribution is 2.28. The molecule has 1 aliphatic rings. The first-order valence-electron chi connectivity index (χ1n) is 10.1. The van der Waals surface area contributed by atoms with Crippen LogP contribution >= 0.6 is 0 Å². The summed E-state index contributed by atoms with van der Waals surface area (Å²) in [6, 6.07) is 12.3. The minimum atomic E-state index is -0.537. The highest BCUT2D eigenvalue weighted by molar-refractivity contribution is 6.20. The van der Waals surface area contributed by atoms with Crippen molar-refractivity contribution >= 4 is 23.1 Å². The lowest BCUT2D eigenvalue weighted by Gasteiger charge is -2.36. The number of rotatable bonds is 6. The van der Waals surface area contributed by atoms with E-state index in [1.54, 1.807) is 29.2 Å². The second kappa shape index (κ2) is 10.1. The Morgan fingerprint density at radius 3 is 2.34 bits per heavy atom. The molecule has 2 aromatic rings. The van der Waals surface area contributed by atoms with Crippen molar-refractivity contribution in [3.05, 3.63) is 76.0 Å². The number of nitro groups is 1. The van der Waals surface area contributed by atoms with E-state index < -0.39 is 10.8 Å². The number of nitrogens with zero attached hydrogens (tertiary/aromatic N) is 2. The molecule has 3 rings (SSSR count). The molecular formula is C23H25N3O6. The van der Waals surface area contributed by atoms with Crippen molar-refractivity contribution in [2.75, 3.05) is 20.2 Å². The smallest absolute Gasteiger partial charge is 0.269 e. The van der Waals surface area contributed by atoms with Crippen LogP contribution in [0.5, 0.6) is 5.75 Å². The first-order chi connectivity index (χ1) is 15.3. The Labute approximate surface area is 185 Å². The number of methoxy groups -OCH3 is 1.